The molecule has 0 rings (SSSR count). The zero-order valence-corrected chi connectivity index (χ0v) is 12.1. The second kappa shape index (κ2) is 5.99. The predicted molar refractivity (Wildman–Crippen MR) is 70.6 cm³/mol. The van der Waals surface area contributed by atoms with Crippen molar-refractivity contribution in [3.05, 3.63) is 0 Å². The third-order valence-electron chi connectivity index (χ3n) is 4.26. The van der Waals surface area contributed by atoms with E-state index >= 15 is 0 Å². The maximum atomic E-state index is 6.03. The summed E-state index contributed by atoms with van der Waals surface area (Å²) in [5, 5.41) is 0. The van der Waals surface area contributed by atoms with Gasteiger partial charge in [-0.1, -0.05) is 20.8 Å². The molecule has 98 valence electrons. The van der Waals surface area contributed by atoms with Crippen LogP contribution >= 0.6 is 0 Å². The van der Waals surface area contributed by atoms with E-state index in [1.165, 1.54) is 0 Å². The minimum absolute atomic E-state index is 0.0751. The molecule has 0 aliphatic carbocycles. The summed E-state index contributed by atoms with van der Waals surface area (Å²) in [6, 6.07) is 0. The smallest absolute Gasteiger partial charge is 0.0661 e. The lowest BCUT2D eigenvalue weighted by Crippen LogP contribution is -2.64. The molecule has 0 fully saturated rings. The summed E-state index contributed by atoms with van der Waals surface area (Å²) in [5.41, 5.74) is 6.09. The van der Waals surface area contributed by atoms with Crippen molar-refractivity contribution >= 4 is 0 Å². The van der Waals surface area contributed by atoms with Crippen LogP contribution in [0.2, 0.25) is 0 Å². The van der Waals surface area contributed by atoms with Crippen molar-refractivity contribution in [3.63, 3.8) is 0 Å². The highest BCUT2D eigenvalue weighted by Gasteiger charge is 2.42. The Hall–Kier alpha value is -0.120. The molecular weight excluding hydrogens is 200 g/mol. The molecule has 0 aromatic rings. The normalized spacial score (nSPS) is 16.9. The third kappa shape index (κ3) is 2.96. The van der Waals surface area contributed by atoms with Crippen molar-refractivity contribution in [1.29, 1.82) is 0 Å². The molecule has 1 unspecified atom stereocenters. The molecule has 0 aliphatic rings. The molecule has 0 saturated heterocycles. The van der Waals surface area contributed by atoms with E-state index in [9.17, 15) is 0 Å². The first-order chi connectivity index (χ1) is 7.28. The Bertz CT molecular complexity index is 204. The maximum Gasteiger partial charge on any atom is 0.0661 e. The van der Waals surface area contributed by atoms with Crippen LogP contribution in [0.1, 0.15) is 41.0 Å². The number of hydrogen-bond donors (Lipinski definition) is 1. The lowest BCUT2D eigenvalue weighted by atomic mass is 9.81. The molecule has 0 radical (unpaired) electrons. The van der Waals surface area contributed by atoms with Crippen LogP contribution in [-0.4, -0.2) is 43.3 Å². The van der Waals surface area contributed by atoms with E-state index in [4.69, 9.17) is 10.5 Å². The quantitative estimate of drug-likeness (QED) is 0.728. The molecule has 0 saturated carbocycles. The number of hydrogen-bond acceptors (Lipinski definition) is 3. The molecule has 0 aliphatic heterocycles. The van der Waals surface area contributed by atoms with Gasteiger partial charge in [-0.15, -0.1) is 0 Å². The Morgan fingerprint density at radius 2 is 1.81 bits per heavy atom. The standard InChI is InChI=1S/C13H30N2O/c1-8-12(4,5)15(6)13(9-14,10-16-7)11(2)3/h11H,8-10,14H2,1-7H3. The average Bonchev–Trinajstić information content (AvgIpc) is 2.24. The fourth-order valence-corrected chi connectivity index (χ4v) is 2.17. The van der Waals surface area contributed by atoms with E-state index in [1.54, 1.807) is 7.11 Å². The SMILES string of the molecule is CCC(C)(C)N(C)C(CN)(COC)C(C)C. The molecule has 0 aromatic heterocycles. The van der Waals surface area contributed by atoms with Gasteiger partial charge in [0.1, 0.15) is 0 Å². The summed E-state index contributed by atoms with van der Waals surface area (Å²) in [5.74, 6) is 0.466. The lowest BCUT2D eigenvalue weighted by molar-refractivity contribution is -0.0532. The molecular formula is C13H30N2O. The summed E-state index contributed by atoms with van der Waals surface area (Å²) in [6.07, 6.45) is 1.10. The minimum Gasteiger partial charge on any atom is -0.383 e. The fourth-order valence-electron chi connectivity index (χ4n) is 2.17. The monoisotopic (exact) mass is 230 g/mol. The minimum atomic E-state index is -0.0751. The fraction of sp³-hybridized carbons (Fsp3) is 1.00. The number of nitrogens with two attached hydrogens (primary N) is 1. The molecule has 0 bridgehead atoms. The Labute approximate surface area is 101 Å². The highest BCUT2D eigenvalue weighted by Crippen LogP contribution is 2.31. The van der Waals surface area contributed by atoms with Crippen molar-refractivity contribution in [2.75, 3.05) is 27.3 Å². The molecule has 0 heterocycles. The molecule has 16 heavy (non-hydrogen) atoms. The number of methoxy groups -OCH3 is 1. The first kappa shape index (κ1) is 15.9. The molecule has 1 atom stereocenters. The first-order valence-electron chi connectivity index (χ1n) is 6.21. The highest BCUT2D eigenvalue weighted by molar-refractivity contribution is 4.98. The van der Waals surface area contributed by atoms with E-state index < -0.39 is 0 Å². The third-order valence-corrected chi connectivity index (χ3v) is 4.26. The summed E-state index contributed by atoms with van der Waals surface area (Å²) in [4.78, 5) is 2.40. The van der Waals surface area contributed by atoms with E-state index in [1.807, 2.05) is 0 Å². The predicted octanol–water partition coefficient (Wildman–Crippen LogP) is 2.11. The van der Waals surface area contributed by atoms with Crippen LogP contribution in [0.25, 0.3) is 0 Å². The van der Waals surface area contributed by atoms with Gasteiger partial charge in [-0.25, -0.2) is 0 Å². The number of ether oxygens (including phenoxy) is 1. The Balaban J connectivity index is 5.16. The van der Waals surface area contributed by atoms with Crippen LogP contribution in [0.5, 0.6) is 0 Å². The van der Waals surface area contributed by atoms with Crippen LogP contribution in [0.3, 0.4) is 0 Å². The Morgan fingerprint density at radius 1 is 1.31 bits per heavy atom. The molecule has 0 spiro atoms. The molecule has 3 nitrogen and oxygen atoms in total. The largest absolute Gasteiger partial charge is 0.383 e. The second-order valence-electron chi connectivity index (χ2n) is 5.62. The van der Waals surface area contributed by atoms with Crippen molar-refractivity contribution in [2.24, 2.45) is 11.7 Å². The van der Waals surface area contributed by atoms with Gasteiger partial charge in [0.05, 0.1) is 12.1 Å². The van der Waals surface area contributed by atoms with Crippen LogP contribution in [0, 0.1) is 5.92 Å². The summed E-state index contributed by atoms with van der Waals surface area (Å²) >= 11 is 0. The topological polar surface area (TPSA) is 38.5 Å². The molecule has 3 heteroatoms. The lowest BCUT2D eigenvalue weighted by Gasteiger charge is -2.51. The van der Waals surface area contributed by atoms with Crippen LogP contribution < -0.4 is 5.73 Å². The van der Waals surface area contributed by atoms with Gasteiger partial charge >= 0.3 is 0 Å². The van der Waals surface area contributed by atoms with Gasteiger partial charge in [-0.2, -0.15) is 0 Å². The molecule has 0 amide bonds. The average molecular weight is 230 g/mol. The summed E-state index contributed by atoms with van der Waals surface area (Å²) in [6.45, 7) is 12.5. The van der Waals surface area contributed by atoms with Gasteiger partial charge in [-0.05, 0) is 33.2 Å². The summed E-state index contributed by atoms with van der Waals surface area (Å²) < 4.78 is 5.40. The number of likely N-dealkylation sites (N-methyl/N-ethyl adjacent to an activating group) is 1. The first-order valence-corrected chi connectivity index (χ1v) is 6.21. The van der Waals surface area contributed by atoms with Gasteiger partial charge in [0.2, 0.25) is 0 Å². The van der Waals surface area contributed by atoms with Crippen LogP contribution in [-0.2, 0) is 4.74 Å². The Kier molecular flexibility index (Phi) is 5.94. The highest BCUT2D eigenvalue weighted by atomic mass is 16.5. The van der Waals surface area contributed by atoms with Crippen molar-refractivity contribution in [1.82, 2.24) is 4.90 Å². The van der Waals surface area contributed by atoms with Gasteiger partial charge in [-0.3, -0.25) is 4.90 Å². The number of nitrogens with zero attached hydrogens (tertiary/aromatic N) is 1. The van der Waals surface area contributed by atoms with E-state index in [-0.39, 0.29) is 11.1 Å². The zero-order chi connectivity index (χ0) is 13.0. The Morgan fingerprint density at radius 3 is 2.06 bits per heavy atom. The van der Waals surface area contributed by atoms with Gasteiger partial charge < -0.3 is 10.5 Å². The maximum absolute atomic E-state index is 6.03. The van der Waals surface area contributed by atoms with Crippen LogP contribution in [0.15, 0.2) is 0 Å². The van der Waals surface area contributed by atoms with E-state index in [2.05, 4.69) is 46.6 Å². The van der Waals surface area contributed by atoms with Crippen molar-refractivity contribution < 1.29 is 4.74 Å². The van der Waals surface area contributed by atoms with Crippen molar-refractivity contribution in [3.8, 4) is 0 Å². The zero-order valence-electron chi connectivity index (χ0n) is 12.1. The van der Waals surface area contributed by atoms with Crippen molar-refractivity contribution in [2.45, 2.75) is 52.1 Å². The van der Waals surface area contributed by atoms with E-state index in [0.29, 0.717) is 19.1 Å². The van der Waals surface area contributed by atoms with Gasteiger partial charge in [0, 0.05) is 19.2 Å². The van der Waals surface area contributed by atoms with Gasteiger partial charge in [0.25, 0.3) is 0 Å². The van der Waals surface area contributed by atoms with Gasteiger partial charge in [0.15, 0.2) is 0 Å². The summed E-state index contributed by atoms with van der Waals surface area (Å²) in [7, 11) is 3.91. The number of rotatable bonds is 7. The molecule has 2 N–H and O–H groups in total. The molecule has 0 aromatic carbocycles. The second-order valence-corrected chi connectivity index (χ2v) is 5.62. The van der Waals surface area contributed by atoms with E-state index in [0.717, 1.165) is 6.42 Å². The van der Waals surface area contributed by atoms with Crippen LogP contribution in [0.4, 0.5) is 0 Å².